The van der Waals surface area contributed by atoms with E-state index in [0.29, 0.717) is 0 Å². The van der Waals surface area contributed by atoms with Crippen molar-refractivity contribution in [1.82, 2.24) is 0 Å². The van der Waals surface area contributed by atoms with E-state index >= 15 is 0 Å². The van der Waals surface area contributed by atoms with E-state index in [9.17, 15) is 0 Å². The van der Waals surface area contributed by atoms with Gasteiger partial charge in [0.1, 0.15) is 16.1 Å². The monoisotopic (exact) mass is 266 g/mol. The molecule has 0 nitrogen and oxygen atoms in total. The summed E-state index contributed by atoms with van der Waals surface area (Å²) in [5.74, 6) is 0. The largest absolute Gasteiger partial charge is 0.139 e. The molecule has 0 heterocycles. The number of hydrogen-bond acceptors (Lipinski definition) is 0. The van der Waals surface area contributed by atoms with Gasteiger partial charge in [-0.25, -0.2) is 0 Å². The Bertz CT molecular complexity index is 274. The number of unbranched alkanes of at least 4 members (excludes halogenated alkanes) is 4. The van der Waals surface area contributed by atoms with Crippen LogP contribution in [-0.2, 0) is 0 Å². The molecule has 0 aromatic heterocycles. The summed E-state index contributed by atoms with van der Waals surface area (Å²) in [5.41, 5.74) is 7.20. The second-order valence-corrected chi connectivity index (χ2v) is 15.9. The first-order valence-corrected chi connectivity index (χ1v) is 13.6. The van der Waals surface area contributed by atoms with Crippen LogP contribution in [-0.4, -0.2) is 16.1 Å². The smallest absolute Gasteiger partial charge is 0.131 e. The van der Waals surface area contributed by atoms with Crippen LogP contribution in [0.3, 0.4) is 0 Å². The van der Waals surface area contributed by atoms with E-state index in [0.717, 1.165) is 0 Å². The molecule has 0 amide bonds. The standard InChI is InChI=1S/C15H30Si2/c1-7-8-9-10-11-12-13-17(5,6)15-14-16(2,3)4/h7H,1,8-13H2,2-6H3. The molecule has 0 spiro atoms. The summed E-state index contributed by atoms with van der Waals surface area (Å²) < 4.78 is 0. The Morgan fingerprint density at radius 1 is 0.882 bits per heavy atom. The van der Waals surface area contributed by atoms with Crippen molar-refractivity contribution in [3.05, 3.63) is 12.7 Å². The summed E-state index contributed by atoms with van der Waals surface area (Å²) in [4.78, 5) is 0. The zero-order valence-corrected chi connectivity index (χ0v) is 14.5. The lowest BCUT2D eigenvalue weighted by Gasteiger charge is -2.16. The predicted octanol–water partition coefficient (Wildman–Crippen LogP) is 5.25. The quantitative estimate of drug-likeness (QED) is 0.255. The van der Waals surface area contributed by atoms with Crippen LogP contribution in [0.5, 0.6) is 0 Å². The van der Waals surface area contributed by atoms with Crippen molar-refractivity contribution in [2.75, 3.05) is 0 Å². The van der Waals surface area contributed by atoms with Gasteiger partial charge in [0.2, 0.25) is 0 Å². The van der Waals surface area contributed by atoms with Gasteiger partial charge in [-0.05, 0) is 18.9 Å². The Balaban J connectivity index is 3.85. The highest BCUT2D eigenvalue weighted by Crippen LogP contribution is 2.15. The van der Waals surface area contributed by atoms with E-state index in [1.54, 1.807) is 0 Å². The molecule has 0 atom stereocenters. The Morgan fingerprint density at radius 3 is 2.00 bits per heavy atom. The van der Waals surface area contributed by atoms with Crippen molar-refractivity contribution in [3.8, 4) is 11.1 Å². The van der Waals surface area contributed by atoms with Crippen LogP contribution in [0.15, 0.2) is 12.7 Å². The second kappa shape index (κ2) is 7.95. The maximum atomic E-state index is 3.76. The lowest BCUT2D eigenvalue weighted by atomic mass is 10.1. The van der Waals surface area contributed by atoms with E-state index in [1.165, 1.54) is 38.1 Å². The third kappa shape index (κ3) is 12.0. The Morgan fingerprint density at radius 2 is 1.47 bits per heavy atom. The van der Waals surface area contributed by atoms with Crippen molar-refractivity contribution in [2.24, 2.45) is 0 Å². The van der Waals surface area contributed by atoms with Gasteiger partial charge in [0.05, 0.1) is 0 Å². The Labute approximate surface area is 111 Å². The molecule has 0 aliphatic rings. The molecule has 98 valence electrons. The molecule has 0 rings (SSSR count). The molecule has 0 aliphatic heterocycles. The highest BCUT2D eigenvalue weighted by atomic mass is 28.3. The lowest BCUT2D eigenvalue weighted by molar-refractivity contribution is 0.671. The van der Waals surface area contributed by atoms with E-state index in [2.05, 4.69) is 50.4 Å². The molecular weight excluding hydrogens is 236 g/mol. The molecule has 17 heavy (non-hydrogen) atoms. The zero-order chi connectivity index (χ0) is 13.4. The molecule has 0 aromatic carbocycles. The summed E-state index contributed by atoms with van der Waals surface area (Å²) >= 11 is 0. The molecule has 0 saturated carbocycles. The van der Waals surface area contributed by atoms with Crippen LogP contribution in [0.25, 0.3) is 0 Å². The molecular formula is C15H30Si2. The van der Waals surface area contributed by atoms with Crippen LogP contribution in [0.1, 0.15) is 32.1 Å². The molecule has 0 radical (unpaired) electrons. The normalized spacial score (nSPS) is 11.8. The molecule has 0 fully saturated rings. The van der Waals surface area contributed by atoms with Crippen LogP contribution < -0.4 is 0 Å². The zero-order valence-electron chi connectivity index (χ0n) is 12.5. The molecule has 0 bridgehead atoms. The fourth-order valence-electron chi connectivity index (χ4n) is 1.63. The van der Waals surface area contributed by atoms with E-state index in [4.69, 9.17) is 0 Å². The van der Waals surface area contributed by atoms with Crippen molar-refractivity contribution in [1.29, 1.82) is 0 Å². The first-order valence-electron chi connectivity index (χ1n) is 6.92. The second-order valence-electron chi connectivity index (χ2n) is 6.63. The lowest BCUT2D eigenvalue weighted by Crippen LogP contribution is -2.26. The van der Waals surface area contributed by atoms with Crippen LogP contribution in [0.4, 0.5) is 0 Å². The van der Waals surface area contributed by atoms with Gasteiger partial charge in [-0.15, -0.1) is 17.7 Å². The molecule has 0 aliphatic carbocycles. The molecule has 0 aromatic rings. The van der Waals surface area contributed by atoms with Gasteiger partial charge in [-0.1, -0.05) is 58.1 Å². The highest BCUT2D eigenvalue weighted by Gasteiger charge is 2.18. The molecule has 0 saturated heterocycles. The van der Waals surface area contributed by atoms with Gasteiger partial charge in [0, 0.05) is 0 Å². The van der Waals surface area contributed by atoms with E-state index in [1.807, 2.05) is 6.08 Å². The van der Waals surface area contributed by atoms with Crippen molar-refractivity contribution < 1.29 is 0 Å². The van der Waals surface area contributed by atoms with E-state index in [-0.39, 0.29) is 0 Å². The van der Waals surface area contributed by atoms with Crippen LogP contribution >= 0.6 is 0 Å². The van der Waals surface area contributed by atoms with Crippen molar-refractivity contribution in [2.45, 2.75) is 70.9 Å². The van der Waals surface area contributed by atoms with Gasteiger partial charge in [-0.3, -0.25) is 0 Å². The Kier molecular flexibility index (Phi) is 7.82. The summed E-state index contributed by atoms with van der Waals surface area (Å²) in [6, 6.07) is 1.37. The highest BCUT2D eigenvalue weighted by molar-refractivity contribution is 6.89. The van der Waals surface area contributed by atoms with Gasteiger partial charge in [0.15, 0.2) is 0 Å². The first kappa shape index (κ1) is 16.7. The predicted molar refractivity (Wildman–Crippen MR) is 86.7 cm³/mol. The molecule has 0 N–H and O–H groups in total. The fraction of sp³-hybridized carbons (Fsp3) is 0.733. The maximum absolute atomic E-state index is 3.76. The van der Waals surface area contributed by atoms with Crippen molar-refractivity contribution >= 4 is 16.1 Å². The van der Waals surface area contributed by atoms with Crippen LogP contribution in [0, 0.1) is 11.1 Å². The third-order valence-corrected chi connectivity index (χ3v) is 6.27. The molecule has 0 unspecified atom stereocenters. The topological polar surface area (TPSA) is 0 Å². The summed E-state index contributed by atoms with van der Waals surface area (Å²) in [6.45, 7) is 15.6. The first-order chi connectivity index (χ1) is 7.77. The summed E-state index contributed by atoms with van der Waals surface area (Å²) in [6.07, 6.45) is 8.62. The number of rotatable bonds is 7. The van der Waals surface area contributed by atoms with Crippen LogP contribution in [0.2, 0.25) is 38.8 Å². The van der Waals surface area contributed by atoms with Crippen molar-refractivity contribution in [3.63, 3.8) is 0 Å². The maximum Gasteiger partial charge on any atom is 0.131 e. The van der Waals surface area contributed by atoms with Gasteiger partial charge >= 0.3 is 0 Å². The molecule has 2 heteroatoms. The van der Waals surface area contributed by atoms with Gasteiger partial charge < -0.3 is 0 Å². The SMILES string of the molecule is C=CCCCCCC[Si](C)(C)C#C[Si](C)(C)C. The number of hydrogen-bond donors (Lipinski definition) is 0. The average Bonchev–Trinajstić information content (AvgIpc) is 2.20. The van der Waals surface area contributed by atoms with Gasteiger partial charge in [-0.2, -0.15) is 0 Å². The fourth-order valence-corrected chi connectivity index (χ4v) is 5.74. The Hall–Kier alpha value is -0.266. The number of allylic oxidation sites excluding steroid dienone is 1. The third-order valence-electron chi connectivity index (χ3n) is 2.74. The summed E-state index contributed by atoms with van der Waals surface area (Å²) in [7, 11) is -2.40. The minimum Gasteiger partial charge on any atom is -0.139 e. The summed E-state index contributed by atoms with van der Waals surface area (Å²) in [5, 5.41) is 0. The minimum absolute atomic E-state index is 1.17. The van der Waals surface area contributed by atoms with E-state index < -0.39 is 16.1 Å². The van der Waals surface area contributed by atoms with Gasteiger partial charge in [0.25, 0.3) is 0 Å². The average molecular weight is 267 g/mol. The minimum atomic E-state index is -1.23.